The number of thiophene rings is 1. The van der Waals surface area contributed by atoms with Crippen LogP contribution in [0.15, 0.2) is 13.6 Å². The molecule has 0 bridgehead atoms. The molecule has 1 heterocycles. The second-order valence-corrected chi connectivity index (χ2v) is 7.75. The SMILES string of the molecule is CC(C1CC1)C(N)c1cc(Br)sc1Br. The summed E-state index contributed by atoms with van der Waals surface area (Å²) in [6.07, 6.45) is 2.72. The molecule has 2 N–H and O–H groups in total. The van der Waals surface area contributed by atoms with E-state index in [2.05, 4.69) is 44.8 Å². The molecule has 2 rings (SSSR count). The van der Waals surface area contributed by atoms with Gasteiger partial charge in [0.1, 0.15) is 0 Å². The minimum atomic E-state index is 0.180. The number of hydrogen-bond acceptors (Lipinski definition) is 2. The molecule has 78 valence electrons. The third-order valence-corrected chi connectivity index (χ3v) is 5.36. The fourth-order valence-corrected chi connectivity index (χ4v) is 4.73. The first-order valence-corrected chi connectivity index (χ1v) is 7.20. The van der Waals surface area contributed by atoms with Gasteiger partial charge in [0, 0.05) is 6.04 Å². The average Bonchev–Trinajstić information content (AvgIpc) is 2.90. The van der Waals surface area contributed by atoms with E-state index in [9.17, 15) is 0 Å². The van der Waals surface area contributed by atoms with Crippen molar-refractivity contribution < 1.29 is 0 Å². The van der Waals surface area contributed by atoms with E-state index in [1.807, 2.05) is 0 Å². The maximum absolute atomic E-state index is 6.25. The van der Waals surface area contributed by atoms with Gasteiger partial charge in [-0.15, -0.1) is 11.3 Å². The fraction of sp³-hybridized carbons (Fsp3) is 0.600. The number of halogens is 2. The zero-order chi connectivity index (χ0) is 10.3. The molecule has 0 saturated heterocycles. The molecule has 1 aliphatic carbocycles. The molecule has 1 aromatic rings. The quantitative estimate of drug-likeness (QED) is 0.872. The second kappa shape index (κ2) is 4.24. The Bertz CT molecular complexity index is 333. The molecule has 1 nitrogen and oxygen atoms in total. The van der Waals surface area contributed by atoms with Gasteiger partial charge in [-0.2, -0.15) is 0 Å². The summed E-state index contributed by atoms with van der Waals surface area (Å²) in [6.45, 7) is 2.26. The van der Waals surface area contributed by atoms with Gasteiger partial charge in [0.25, 0.3) is 0 Å². The maximum Gasteiger partial charge on any atom is 0.0758 e. The minimum Gasteiger partial charge on any atom is -0.324 e. The first kappa shape index (κ1) is 11.1. The summed E-state index contributed by atoms with van der Waals surface area (Å²) in [7, 11) is 0. The van der Waals surface area contributed by atoms with Gasteiger partial charge in [0.05, 0.1) is 7.57 Å². The lowest BCUT2D eigenvalue weighted by molar-refractivity contribution is 0.417. The van der Waals surface area contributed by atoms with E-state index in [0.29, 0.717) is 5.92 Å². The van der Waals surface area contributed by atoms with Gasteiger partial charge in [-0.25, -0.2) is 0 Å². The van der Waals surface area contributed by atoms with Crippen molar-refractivity contribution in [2.75, 3.05) is 0 Å². The summed E-state index contributed by atoms with van der Waals surface area (Å²) in [5.41, 5.74) is 7.50. The van der Waals surface area contributed by atoms with Crippen LogP contribution in [-0.4, -0.2) is 0 Å². The topological polar surface area (TPSA) is 26.0 Å². The smallest absolute Gasteiger partial charge is 0.0758 e. The van der Waals surface area contributed by atoms with E-state index in [0.717, 1.165) is 9.70 Å². The number of nitrogens with two attached hydrogens (primary N) is 1. The van der Waals surface area contributed by atoms with Crippen LogP contribution in [0.5, 0.6) is 0 Å². The van der Waals surface area contributed by atoms with Crippen molar-refractivity contribution in [2.45, 2.75) is 25.8 Å². The van der Waals surface area contributed by atoms with Crippen molar-refractivity contribution in [1.29, 1.82) is 0 Å². The van der Waals surface area contributed by atoms with Gasteiger partial charge in [0.2, 0.25) is 0 Å². The molecule has 2 atom stereocenters. The molecule has 0 amide bonds. The Hall–Kier alpha value is 0.620. The lowest BCUT2D eigenvalue weighted by atomic mass is 9.93. The molecule has 1 fully saturated rings. The van der Waals surface area contributed by atoms with E-state index in [4.69, 9.17) is 5.73 Å². The molecular weight excluding hydrogens is 326 g/mol. The molecule has 1 aliphatic rings. The van der Waals surface area contributed by atoms with Crippen LogP contribution in [0.4, 0.5) is 0 Å². The van der Waals surface area contributed by atoms with Crippen molar-refractivity contribution in [3.8, 4) is 0 Å². The van der Waals surface area contributed by atoms with Crippen molar-refractivity contribution in [2.24, 2.45) is 17.6 Å². The predicted molar refractivity (Wildman–Crippen MR) is 68.5 cm³/mol. The normalized spacial score (nSPS) is 20.9. The van der Waals surface area contributed by atoms with Gasteiger partial charge in [0.15, 0.2) is 0 Å². The Morgan fingerprint density at radius 1 is 1.50 bits per heavy atom. The molecule has 1 saturated carbocycles. The van der Waals surface area contributed by atoms with E-state index in [1.54, 1.807) is 11.3 Å². The number of hydrogen-bond donors (Lipinski definition) is 1. The standard InChI is InChI=1S/C10H13Br2NS/c1-5(6-2-3-6)9(13)7-4-8(11)14-10(7)12/h4-6,9H,2-3,13H2,1H3. The molecule has 1 aromatic heterocycles. The summed E-state index contributed by atoms with van der Waals surface area (Å²) in [6, 6.07) is 2.32. The first-order chi connectivity index (χ1) is 6.59. The van der Waals surface area contributed by atoms with Crippen LogP contribution in [-0.2, 0) is 0 Å². The Labute approximate surface area is 105 Å². The average molecular weight is 339 g/mol. The van der Waals surface area contributed by atoms with Crippen LogP contribution >= 0.6 is 43.2 Å². The zero-order valence-corrected chi connectivity index (χ0v) is 12.0. The van der Waals surface area contributed by atoms with Crippen molar-refractivity contribution >= 4 is 43.2 Å². The van der Waals surface area contributed by atoms with E-state index < -0.39 is 0 Å². The molecule has 0 aromatic carbocycles. The van der Waals surface area contributed by atoms with Gasteiger partial charge in [-0.1, -0.05) is 6.92 Å². The largest absolute Gasteiger partial charge is 0.324 e. The zero-order valence-electron chi connectivity index (χ0n) is 7.97. The lowest BCUT2D eigenvalue weighted by Crippen LogP contribution is -2.20. The molecular formula is C10H13Br2NS. The highest BCUT2D eigenvalue weighted by molar-refractivity contribution is 9.12. The molecule has 0 spiro atoms. The maximum atomic E-state index is 6.25. The molecule has 2 unspecified atom stereocenters. The van der Waals surface area contributed by atoms with E-state index >= 15 is 0 Å². The van der Waals surface area contributed by atoms with E-state index in [-0.39, 0.29) is 6.04 Å². The van der Waals surface area contributed by atoms with Gasteiger partial charge < -0.3 is 5.73 Å². The molecule has 0 aliphatic heterocycles. The lowest BCUT2D eigenvalue weighted by Gasteiger charge is -2.18. The van der Waals surface area contributed by atoms with Crippen LogP contribution in [0.1, 0.15) is 31.4 Å². The van der Waals surface area contributed by atoms with Crippen LogP contribution < -0.4 is 5.73 Å². The third-order valence-electron chi connectivity index (χ3n) is 2.97. The van der Waals surface area contributed by atoms with Crippen LogP contribution in [0.25, 0.3) is 0 Å². The predicted octanol–water partition coefficient (Wildman–Crippen LogP) is 4.32. The summed E-state index contributed by atoms with van der Waals surface area (Å²) >= 11 is 8.75. The third kappa shape index (κ3) is 2.23. The highest BCUT2D eigenvalue weighted by atomic mass is 79.9. The summed E-state index contributed by atoms with van der Waals surface area (Å²) in [4.78, 5) is 0. The van der Waals surface area contributed by atoms with E-state index in [1.165, 1.54) is 22.2 Å². The number of rotatable bonds is 3. The highest BCUT2D eigenvalue weighted by Crippen LogP contribution is 2.44. The van der Waals surface area contributed by atoms with Crippen LogP contribution in [0.2, 0.25) is 0 Å². The van der Waals surface area contributed by atoms with Crippen LogP contribution in [0, 0.1) is 11.8 Å². The van der Waals surface area contributed by atoms with Crippen molar-refractivity contribution in [3.63, 3.8) is 0 Å². The van der Waals surface area contributed by atoms with Crippen LogP contribution in [0.3, 0.4) is 0 Å². The Morgan fingerprint density at radius 3 is 2.57 bits per heavy atom. The molecule has 4 heteroatoms. The Kier molecular flexibility index (Phi) is 3.37. The summed E-state index contributed by atoms with van der Waals surface area (Å²) < 4.78 is 2.32. The molecule has 0 radical (unpaired) electrons. The second-order valence-electron chi connectivity index (χ2n) is 4.00. The molecule has 14 heavy (non-hydrogen) atoms. The first-order valence-electron chi connectivity index (χ1n) is 4.80. The summed E-state index contributed by atoms with van der Waals surface area (Å²) in [5, 5.41) is 0. The van der Waals surface area contributed by atoms with Gasteiger partial charge >= 0.3 is 0 Å². The summed E-state index contributed by atoms with van der Waals surface area (Å²) in [5.74, 6) is 1.46. The Balaban J connectivity index is 2.16. The minimum absolute atomic E-state index is 0.180. The fourth-order valence-electron chi connectivity index (χ4n) is 1.78. The Morgan fingerprint density at radius 2 is 2.14 bits per heavy atom. The monoisotopic (exact) mass is 337 g/mol. The van der Waals surface area contributed by atoms with Gasteiger partial charge in [-0.05, 0) is 68.2 Å². The highest BCUT2D eigenvalue weighted by Gasteiger charge is 2.33. The van der Waals surface area contributed by atoms with Crippen molar-refractivity contribution in [3.05, 3.63) is 19.2 Å². The van der Waals surface area contributed by atoms with Crippen molar-refractivity contribution in [1.82, 2.24) is 0 Å². The van der Waals surface area contributed by atoms with Gasteiger partial charge in [-0.3, -0.25) is 0 Å².